The van der Waals surface area contributed by atoms with Crippen LogP contribution < -0.4 is 0 Å². The van der Waals surface area contributed by atoms with Crippen molar-refractivity contribution >= 4 is 12.0 Å². The van der Waals surface area contributed by atoms with Crippen LogP contribution in [0.2, 0.25) is 0 Å². The quantitative estimate of drug-likeness (QED) is 0.552. The number of carboxylic acids is 1. The molecule has 0 saturated heterocycles. The summed E-state index contributed by atoms with van der Waals surface area (Å²) in [4.78, 5) is 23.6. The summed E-state index contributed by atoms with van der Waals surface area (Å²) in [5.41, 5.74) is 0.375. The molecule has 0 aliphatic rings. The van der Waals surface area contributed by atoms with Gasteiger partial charge in [0.1, 0.15) is 11.3 Å². The molecule has 0 spiro atoms. The Kier molecular flexibility index (Phi) is 2.99. The van der Waals surface area contributed by atoms with Crippen LogP contribution in [0.15, 0.2) is 23.2 Å². The van der Waals surface area contributed by atoms with Gasteiger partial charge in [-0.1, -0.05) is 6.07 Å². The first-order valence-corrected chi connectivity index (χ1v) is 3.74. The standard InChI is InChI=1S/C9H7NO4/c11-5-10-4-6-1-2-7(9(13)14)8(12)3-6/h1-3,12H,4H2,(H,13,14). The molecule has 0 aliphatic carbocycles. The molecule has 0 aliphatic heterocycles. The van der Waals surface area contributed by atoms with Gasteiger partial charge < -0.3 is 10.2 Å². The molecule has 0 fully saturated rings. The van der Waals surface area contributed by atoms with Crippen LogP contribution in [0, 0.1) is 0 Å². The van der Waals surface area contributed by atoms with Crippen molar-refractivity contribution in [2.24, 2.45) is 4.99 Å². The first-order chi connectivity index (χ1) is 6.65. The van der Waals surface area contributed by atoms with Crippen LogP contribution in [0.25, 0.3) is 0 Å². The Bertz CT molecular complexity index is 407. The van der Waals surface area contributed by atoms with Crippen molar-refractivity contribution in [2.75, 3.05) is 0 Å². The molecule has 2 N–H and O–H groups in total. The van der Waals surface area contributed by atoms with Crippen LogP contribution in [0.3, 0.4) is 0 Å². The van der Waals surface area contributed by atoms with Gasteiger partial charge in [0.2, 0.25) is 6.08 Å². The molecule has 0 saturated carbocycles. The van der Waals surface area contributed by atoms with Gasteiger partial charge in [0.05, 0.1) is 6.54 Å². The minimum atomic E-state index is -1.20. The van der Waals surface area contributed by atoms with E-state index < -0.39 is 5.97 Å². The smallest absolute Gasteiger partial charge is 0.339 e. The summed E-state index contributed by atoms with van der Waals surface area (Å²) < 4.78 is 0. The van der Waals surface area contributed by atoms with E-state index in [9.17, 15) is 14.7 Å². The van der Waals surface area contributed by atoms with Gasteiger partial charge >= 0.3 is 5.97 Å². The topological polar surface area (TPSA) is 87.0 Å². The summed E-state index contributed by atoms with van der Waals surface area (Å²) in [6, 6.07) is 3.99. The Morgan fingerprint density at radius 2 is 2.21 bits per heavy atom. The van der Waals surface area contributed by atoms with Crippen molar-refractivity contribution in [1.82, 2.24) is 0 Å². The van der Waals surface area contributed by atoms with Crippen LogP contribution in [0.1, 0.15) is 15.9 Å². The summed E-state index contributed by atoms with van der Waals surface area (Å²) in [5, 5.41) is 17.8. The molecule has 1 aromatic rings. The molecule has 1 rings (SSSR count). The number of aliphatic imine (C=N–C) groups is 1. The van der Waals surface area contributed by atoms with E-state index in [0.717, 1.165) is 0 Å². The number of isocyanates is 1. The van der Waals surface area contributed by atoms with E-state index >= 15 is 0 Å². The minimum absolute atomic E-state index is 0.0803. The number of nitrogens with zero attached hydrogens (tertiary/aromatic N) is 1. The molecule has 0 unspecified atom stereocenters. The van der Waals surface area contributed by atoms with Gasteiger partial charge in [-0.25, -0.2) is 14.6 Å². The van der Waals surface area contributed by atoms with Crippen molar-refractivity contribution in [1.29, 1.82) is 0 Å². The number of benzene rings is 1. The van der Waals surface area contributed by atoms with E-state index in [0.29, 0.717) is 5.56 Å². The number of aromatic carboxylic acids is 1. The third-order valence-electron chi connectivity index (χ3n) is 1.62. The molecule has 0 heterocycles. The lowest BCUT2D eigenvalue weighted by atomic mass is 10.1. The summed E-state index contributed by atoms with van der Waals surface area (Å²) in [5.74, 6) is -1.54. The maximum absolute atomic E-state index is 10.5. The first kappa shape index (κ1) is 9.95. The fourth-order valence-electron chi connectivity index (χ4n) is 0.980. The lowest BCUT2D eigenvalue weighted by Gasteiger charge is -2.00. The third-order valence-corrected chi connectivity index (χ3v) is 1.62. The van der Waals surface area contributed by atoms with Gasteiger partial charge in [0.25, 0.3) is 0 Å². The van der Waals surface area contributed by atoms with Crippen molar-refractivity contribution in [2.45, 2.75) is 6.54 Å². The average molecular weight is 193 g/mol. The summed E-state index contributed by atoms with van der Waals surface area (Å²) in [6.07, 6.45) is 1.35. The second-order valence-electron chi connectivity index (χ2n) is 2.56. The van der Waals surface area contributed by atoms with Crippen molar-refractivity contribution < 1.29 is 19.8 Å². The Labute approximate surface area is 79.3 Å². The molecule has 0 radical (unpaired) electrons. The van der Waals surface area contributed by atoms with Gasteiger partial charge in [-0.2, -0.15) is 0 Å². The molecule has 0 amide bonds. The lowest BCUT2D eigenvalue weighted by Crippen LogP contribution is -1.97. The normalized spacial score (nSPS) is 9.14. The van der Waals surface area contributed by atoms with Crippen LogP contribution in [0.4, 0.5) is 0 Å². The second-order valence-corrected chi connectivity index (χ2v) is 2.56. The highest BCUT2D eigenvalue weighted by molar-refractivity contribution is 5.90. The summed E-state index contributed by atoms with van der Waals surface area (Å²) in [6.45, 7) is 0.0803. The summed E-state index contributed by atoms with van der Waals surface area (Å²) >= 11 is 0. The third kappa shape index (κ3) is 2.18. The zero-order valence-electron chi connectivity index (χ0n) is 7.10. The lowest BCUT2D eigenvalue weighted by molar-refractivity contribution is 0.0693. The first-order valence-electron chi connectivity index (χ1n) is 3.74. The van der Waals surface area contributed by atoms with E-state index in [4.69, 9.17) is 5.11 Å². The number of rotatable bonds is 3. The van der Waals surface area contributed by atoms with Crippen molar-refractivity contribution in [3.05, 3.63) is 29.3 Å². The largest absolute Gasteiger partial charge is 0.507 e. The van der Waals surface area contributed by atoms with Gasteiger partial charge in [0, 0.05) is 0 Å². The van der Waals surface area contributed by atoms with Crippen LogP contribution in [-0.4, -0.2) is 22.3 Å². The fraction of sp³-hybridized carbons (Fsp3) is 0.111. The number of carbonyl (C=O) groups excluding carboxylic acids is 1. The number of carbonyl (C=O) groups is 1. The summed E-state index contributed by atoms with van der Waals surface area (Å²) in [7, 11) is 0. The zero-order valence-corrected chi connectivity index (χ0v) is 7.10. The van der Waals surface area contributed by atoms with E-state index in [1.54, 1.807) is 0 Å². The van der Waals surface area contributed by atoms with E-state index in [-0.39, 0.29) is 17.9 Å². The molecular formula is C9H7NO4. The van der Waals surface area contributed by atoms with Gasteiger partial charge in [-0.3, -0.25) is 0 Å². The van der Waals surface area contributed by atoms with Crippen LogP contribution in [0.5, 0.6) is 5.75 Å². The number of carboxylic acid groups (broad SMARTS) is 1. The zero-order chi connectivity index (χ0) is 10.6. The molecule has 0 aromatic heterocycles. The predicted molar refractivity (Wildman–Crippen MR) is 46.9 cm³/mol. The van der Waals surface area contributed by atoms with E-state index in [2.05, 4.69) is 4.99 Å². The molecule has 1 aromatic carbocycles. The Morgan fingerprint density at radius 3 is 2.71 bits per heavy atom. The van der Waals surface area contributed by atoms with Crippen LogP contribution in [-0.2, 0) is 11.3 Å². The average Bonchev–Trinajstić information content (AvgIpc) is 2.14. The maximum atomic E-state index is 10.5. The Morgan fingerprint density at radius 1 is 1.50 bits per heavy atom. The van der Waals surface area contributed by atoms with Crippen molar-refractivity contribution in [3.63, 3.8) is 0 Å². The predicted octanol–water partition coefficient (Wildman–Crippen LogP) is 0.926. The Balaban J connectivity index is 3.00. The highest BCUT2D eigenvalue weighted by Gasteiger charge is 2.08. The molecule has 5 heteroatoms. The fourth-order valence-corrected chi connectivity index (χ4v) is 0.980. The maximum Gasteiger partial charge on any atom is 0.339 e. The monoisotopic (exact) mass is 193 g/mol. The molecule has 14 heavy (non-hydrogen) atoms. The molecular weight excluding hydrogens is 186 g/mol. The Hall–Kier alpha value is -2.13. The number of hydrogen-bond acceptors (Lipinski definition) is 4. The SMILES string of the molecule is O=C=NCc1ccc(C(=O)O)c(O)c1. The van der Waals surface area contributed by atoms with E-state index in [1.165, 1.54) is 24.3 Å². The number of aromatic hydroxyl groups is 1. The highest BCUT2D eigenvalue weighted by atomic mass is 16.4. The van der Waals surface area contributed by atoms with Gasteiger partial charge in [0.15, 0.2) is 0 Å². The van der Waals surface area contributed by atoms with Crippen molar-refractivity contribution in [3.8, 4) is 5.75 Å². The molecule has 5 nitrogen and oxygen atoms in total. The van der Waals surface area contributed by atoms with Gasteiger partial charge in [-0.05, 0) is 17.7 Å². The van der Waals surface area contributed by atoms with Crippen LogP contribution >= 0.6 is 0 Å². The molecule has 72 valence electrons. The minimum Gasteiger partial charge on any atom is -0.507 e. The van der Waals surface area contributed by atoms with Gasteiger partial charge in [-0.15, -0.1) is 0 Å². The highest BCUT2D eigenvalue weighted by Crippen LogP contribution is 2.18. The molecule has 0 bridgehead atoms. The van der Waals surface area contributed by atoms with E-state index in [1.807, 2.05) is 0 Å². The molecule has 0 atom stereocenters. The number of phenols is 1. The number of hydrogen-bond donors (Lipinski definition) is 2. The second kappa shape index (κ2) is 4.20.